The second kappa shape index (κ2) is 6.65. The van der Waals surface area contributed by atoms with Gasteiger partial charge in [0.15, 0.2) is 0 Å². The quantitative estimate of drug-likeness (QED) is 0.836. The number of esters is 1. The number of carbonyl (C=O) groups excluding carboxylic acids is 1. The van der Waals surface area contributed by atoms with Gasteiger partial charge in [-0.25, -0.2) is 4.79 Å². The summed E-state index contributed by atoms with van der Waals surface area (Å²) in [7, 11) is 1.66. The van der Waals surface area contributed by atoms with Crippen molar-refractivity contribution in [3.8, 4) is 5.75 Å². The van der Waals surface area contributed by atoms with E-state index < -0.39 is 11.6 Å². The molecule has 0 spiro atoms. The lowest BCUT2D eigenvalue weighted by molar-refractivity contribution is -0.165. The molecule has 1 aliphatic carbocycles. The number of carbonyl (C=O) groups is 1. The lowest BCUT2D eigenvalue weighted by Gasteiger charge is -2.40. The Morgan fingerprint density at radius 2 is 2.13 bits per heavy atom. The van der Waals surface area contributed by atoms with E-state index in [4.69, 9.17) is 9.47 Å². The number of aliphatic hydroxyl groups is 1. The Labute approximate surface area is 137 Å². The van der Waals surface area contributed by atoms with Gasteiger partial charge in [-0.15, -0.1) is 0 Å². The van der Waals surface area contributed by atoms with Crippen molar-refractivity contribution >= 4 is 5.97 Å². The molecule has 0 amide bonds. The van der Waals surface area contributed by atoms with Crippen molar-refractivity contribution < 1.29 is 19.4 Å². The molecule has 1 atom stereocenters. The van der Waals surface area contributed by atoms with Gasteiger partial charge >= 0.3 is 5.97 Å². The van der Waals surface area contributed by atoms with E-state index in [1.54, 1.807) is 7.11 Å². The monoisotopic (exact) mass is 316 g/mol. The first kappa shape index (κ1) is 15.9. The topological polar surface area (TPSA) is 55.8 Å². The first-order chi connectivity index (χ1) is 11.1. The number of aliphatic hydroxyl groups excluding tert-OH is 1. The first-order valence-corrected chi connectivity index (χ1v) is 8.37. The summed E-state index contributed by atoms with van der Waals surface area (Å²) < 4.78 is 11.1. The summed E-state index contributed by atoms with van der Waals surface area (Å²) in [5.74, 6) is 0.916. The van der Waals surface area contributed by atoms with Crippen molar-refractivity contribution in [3.63, 3.8) is 0 Å². The minimum atomic E-state index is -0.560. The molecule has 4 heteroatoms. The SMILES string of the molecule is COc1cccc(CCC2(C3CCCC3)CC(O)=CC(=O)O2)c1. The molecule has 1 fully saturated rings. The van der Waals surface area contributed by atoms with Crippen LogP contribution in [0.1, 0.15) is 44.1 Å². The molecule has 2 aliphatic rings. The molecule has 1 aromatic rings. The lowest BCUT2D eigenvalue weighted by atomic mass is 9.77. The molecule has 1 N–H and O–H groups in total. The molecule has 0 radical (unpaired) electrons. The van der Waals surface area contributed by atoms with Gasteiger partial charge in [-0.1, -0.05) is 25.0 Å². The van der Waals surface area contributed by atoms with Crippen LogP contribution in [0.15, 0.2) is 36.1 Å². The number of cyclic esters (lactones) is 1. The average Bonchev–Trinajstić information content (AvgIpc) is 3.07. The molecule has 1 aromatic carbocycles. The molecular formula is C19H24O4. The van der Waals surface area contributed by atoms with Gasteiger partial charge in [0.2, 0.25) is 0 Å². The van der Waals surface area contributed by atoms with E-state index in [-0.39, 0.29) is 5.76 Å². The number of aryl methyl sites for hydroxylation is 1. The number of rotatable bonds is 5. The third-order valence-corrected chi connectivity index (χ3v) is 5.14. The van der Waals surface area contributed by atoms with Gasteiger partial charge in [0, 0.05) is 6.42 Å². The molecule has 1 unspecified atom stereocenters. The highest BCUT2D eigenvalue weighted by Gasteiger charge is 2.45. The van der Waals surface area contributed by atoms with E-state index in [1.807, 2.05) is 18.2 Å². The Morgan fingerprint density at radius 1 is 1.35 bits per heavy atom. The van der Waals surface area contributed by atoms with Crippen molar-refractivity contribution in [2.24, 2.45) is 5.92 Å². The predicted octanol–water partition coefficient (Wildman–Crippen LogP) is 3.95. The summed E-state index contributed by atoms with van der Waals surface area (Å²) in [6.07, 6.45) is 7.66. The van der Waals surface area contributed by atoms with E-state index in [9.17, 15) is 9.90 Å². The third-order valence-electron chi connectivity index (χ3n) is 5.14. The summed E-state index contributed by atoms with van der Waals surface area (Å²) in [6.45, 7) is 0. The third kappa shape index (κ3) is 3.52. The van der Waals surface area contributed by atoms with Crippen molar-refractivity contribution in [2.45, 2.75) is 50.5 Å². The fourth-order valence-corrected chi connectivity index (χ4v) is 3.97. The summed E-state index contributed by atoms with van der Waals surface area (Å²) in [4.78, 5) is 11.9. The molecular weight excluding hydrogens is 292 g/mol. The molecule has 0 saturated heterocycles. The smallest absolute Gasteiger partial charge is 0.334 e. The Hall–Kier alpha value is -1.97. The molecule has 1 saturated carbocycles. The van der Waals surface area contributed by atoms with E-state index in [1.165, 1.54) is 18.9 Å². The van der Waals surface area contributed by atoms with Crippen LogP contribution >= 0.6 is 0 Å². The molecule has 1 heterocycles. The largest absolute Gasteiger partial charge is 0.512 e. The van der Waals surface area contributed by atoms with Crippen LogP contribution in [-0.2, 0) is 16.0 Å². The van der Waals surface area contributed by atoms with Gasteiger partial charge in [0.1, 0.15) is 17.1 Å². The maximum Gasteiger partial charge on any atom is 0.334 e. The Kier molecular flexibility index (Phi) is 4.60. The zero-order valence-electron chi connectivity index (χ0n) is 13.6. The van der Waals surface area contributed by atoms with Crippen molar-refractivity contribution in [1.29, 1.82) is 0 Å². The number of ether oxygens (including phenoxy) is 2. The van der Waals surface area contributed by atoms with Crippen LogP contribution in [0.3, 0.4) is 0 Å². The summed E-state index contributed by atoms with van der Waals surface area (Å²) in [5, 5.41) is 10.00. The highest BCUT2D eigenvalue weighted by Crippen LogP contribution is 2.44. The van der Waals surface area contributed by atoms with Crippen molar-refractivity contribution in [3.05, 3.63) is 41.7 Å². The van der Waals surface area contributed by atoms with Crippen LogP contribution in [0.5, 0.6) is 5.75 Å². The standard InChI is InChI=1S/C19H24O4/c1-22-17-8-4-5-14(11-17)9-10-19(15-6-2-3-7-15)13-16(20)12-18(21)23-19/h4-5,8,11-12,15,20H,2-3,6-7,9-10,13H2,1H3. The average molecular weight is 316 g/mol. The minimum Gasteiger partial charge on any atom is -0.512 e. The van der Waals surface area contributed by atoms with E-state index in [0.29, 0.717) is 12.3 Å². The van der Waals surface area contributed by atoms with Crippen LogP contribution in [0.2, 0.25) is 0 Å². The van der Waals surface area contributed by atoms with Gasteiger partial charge < -0.3 is 14.6 Å². The Morgan fingerprint density at radius 3 is 2.83 bits per heavy atom. The Bertz CT molecular complexity index is 601. The normalized spacial score (nSPS) is 25.1. The summed E-state index contributed by atoms with van der Waals surface area (Å²) in [6, 6.07) is 7.97. The lowest BCUT2D eigenvalue weighted by Crippen LogP contribution is -2.44. The van der Waals surface area contributed by atoms with E-state index >= 15 is 0 Å². The molecule has 3 rings (SSSR count). The highest BCUT2D eigenvalue weighted by molar-refractivity contribution is 5.83. The van der Waals surface area contributed by atoms with Crippen LogP contribution < -0.4 is 4.74 Å². The number of hydrogen-bond acceptors (Lipinski definition) is 4. The van der Waals surface area contributed by atoms with Gasteiger partial charge in [0.05, 0.1) is 13.2 Å². The second-order valence-electron chi connectivity index (χ2n) is 6.63. The van der Waals surface area contributed by atoms with Gasteiger partial charge in [0.25, 0.3) is 0 Å². The Balaban J connectivity index is 1.79. The molecule has 0 bridgehead atoms. The molecule has 4 nitrogen and oxygen atoms in total. The number of benzene rings is 1. The molecule has 23 heavy (non-hydrogen) atoms. The predicted molar refractivity (Wildman–Crippen MR) is 87.4 cm³/mol. The van der Waals surface area contributed by atoms with Crippen LogP contribution in [-0.4, -0.2) is 23.8 Å². The van der Waals surface area contributed by atoms with Crippen LogP contribution in [0.25, 0.3) is 0 Å². The zero-order valence-corrected chi connectivity index (χ0v) is 13.6. The highest BCUT2D eigenvalue weighted by atomic mass is 16.6. The first-order valence-electron chi connectivity index (χ1n) is 8.37. The fraction of sp³-hybridized carbons (Fsp3) is 0.526. The molecule has 124 valence electrons. The van der Waals surface area contributed by atoms with Gasteiger partial charge in [-0.3, -0.25) is 0 Å². The summed E-state index contributed by atoms with van der Waals surface area (Å²) >= 11 is 0. The van der Waals surface area contributed by atoms with E-state index in [0.717, 1.165) is 37.0 Å². The van der Waals surface area contributed by atoms with Crippen molar-refractivity contribution in [1.82, 2.24) is 0 Å². The molecule has 1 aliphatic heterocycles. The van der Waals surface area contributed by atoms with Gasteiger partial charge in [-0.2, -0.15) is 0 Å². The number of hydrogen-bond donors (Lipinski definition) is 1. The zero-order chi connectivity index (χ0) is 16.3. The van der Waals surface area contributed by atoms with Crippen molar-refractivity contribution in [2.75, 3.05) is 7.11 Å². The van der Waals surface area contributed by atoms with Crippen LogP contribution in [0, 0.1) is 5.92 Å². The second-order valence-corrected chi connectivity index (χ2v) is 6.63. The minimum absolute atomic E-state index is 0.152. The van der Waals surface area contributed by atoms with Crippen LogP contribution in [0.4, 0.5) is 0 Å². The maximum atomic E-state index is 11.9. The summed E-state index contributed by atoms with van der Waals surface area (Å²) in [5.41, 5.74) is 0.599. The fourth-order valence-electron chi connectivity index (χ4n) is 3.97. The van der Waals surface area contributed by atoms with Gasteiger partial charge in [-0.05, 0) is 49.3 Å². The molecule has 0 aromatic heterocycles. The number of methoxy groups -OCH3 is 1. The van der Waals surface area contributed by atoms with E-state index in [2.05, 4.69) is 6.07 Å². The maximum absolute atomic E-state index is 11.9.